The van der Waals surface area contributed by atoms with E-state index in [0.29, 0.717) is 10.7 Å². The molecule has 2 aromatic rings. The molecule has 1 aliphatic heterocycles. The molecule has 0 saturated carbocycles. The smallest absolute Gasteiger partial charge is 0.244 e. The summed E-state index contributed by atoms with van der Waals surface area (Å²) < 4.78 is 13.6. The third-order valence-corrected chi connectivity index (χ3v) is 5.03. The lowest BCUT2D eigenvalue weighted by Crippen LogP contribution is -2.42. The average Bonchev–Trinajstić information content (AvgIpc) is 3.03. The zero-order valence-electron chi connectivity index (χ0n) is 15.1. The van der Waals surface area contributed by atoms with Crippen LogP contribution in [0.4, 0.5) is 10.1 Å². The third-order valence-electron chi connectivity index (χ3n) is 4.78. The van der Waals surface area contributed by atoms with Crippen LogP contribution in [0.3, 0.4) is 0 Å². The number of hydrogen-bond donors (Lipinski definition) is 1. The van der Waals surface area contributed by atoms with Crippen molar-refractivity contribution in [1.29, 1.82) is 0 Å². The quantitative estimate of drug-likeness (QED) is 0.832. The molecule has 6 nitrogen and oxygen atoms in total. The van der Waals surface area contributed by atoms with E-state index in [1.807, 2.05) is 0 Å². The molecular weight excluding hydrogens is 385 g/mol. The molecule has 2 unspecified atom stereocenters. The minimum absolute atomic E-state index is 0.0143. The molecule has 146 valence electrons. The molecule has 3 rings (SSSR count). The van der Waals surface area contributed by atoms with Gasteiger partial charge in [-0.25, -0.2) is 4.39 Å². The Bertz CT molecular complexity index is 919. The van der Waals surface area contributed by atoms with Crippen molar-refractivity contribution in [2.45, 2.75) is 12.5 Å². The van der Waals surface area contributed by atoms with Crippen LogP contribution in [0.5, 0.6) is 0 Å². The van der Waals surface area contributed by atoms with Crippen LogP contribution in [0.25, 0.3) is 0 Å². The molecule has 3 amide bonds. The van der Waals surface area contributed by atoms with Crippen LogP contribution in [0.1, 0.15) is 18.0 Å². The molecule has 1 heterocycles. The number of nitrogens with zero attached hydrogens (tertiary/aromatic N) is 2. The SMILES string of the molecule is CN(C(=O)C1CC(=O)N(c2ccc(Cl)cc2)C1)C(C(N)=O)c1cccc(F)c1. The number of nitrogens with two attached hydrogens (primary N) is 1. The zero-order valence-corrected chi connectivity index (χ0v) is 15.9. The van der Waals surface area contributed by atoms with Crippen molar-refractivity contribution in [3.8, 4) is 0 Å². The van der Waals surface area contributed by atoms with E-state index in [9.17, 15) is 18.8 Å². The number of halogens is 2. The fourth-order valence-electron chi connectivity index (χ4n) is 3.41. The van der Waals surface area contributed by atoms with Gasteiger partial charge in [0.15, 0.2) is 0 Å². The standard InChI is InChI=1S/C20H19ClFN3O3/c1-24(18(19(23)27)12-3-2-4-15(22)9-12)20(28)13-10-17(26)25(11-13)16-7-5-14(21)6-8-16/h2-9,13,18H,10-11H2,1H3,(H2,23,27). The van der Waals surface area contributed by atoms with E-state index in [0.717, 1.165) is 0 Å². The molecule has 0 aromatic heterocycles. The maximum atomic E-state index is 13.6. The molecule has 0 bridgehead atoms. The number of hydrogen-bond acceptors (Lipinski definition) is 3. The zero-order chi connectivity index (χ0) is 20.4. The van der Waals surface area contributed by atoms with E-state index < -0.39 is 29.6 Å². The minimum atomic E-state index is -1.12. The molecule has 2 N–H and O–H groups in total. The maximum Gasteiger partial charge on any atom is 0.244 e. The van der Waals surface area contributed by atoms with Crippen molar-refractivity contribution >= 4 is 35.0 Å². The molecule has 1 aliphatic rings. The summed E-state index contributed by atoms with van der Waals surface area (Å²) in [6, 6.07) is 11.0. The fourth-order valence-corrected chi connectivity index (χ4v) is 3.54. The first-order valence-electron chi connectivity index (χ1n) is 8.65. The van der Waals surface area contributed by atoms with Gasteiger partial charge in [-0.05, 0) is 42.0 Å². The van der Waals surface area contributed by atoms with Gasteiger partial charge in [0.25, 0.3) is 0 Å². The van der Waals surface area contributed by atoms with Crippen molar-refractivity contribution in [1.82, 2.24) is 4.90 Å². The largest absolute Gasteiger partial charge is 0.368 e. The van der Waals surface area contributed by atoms with E-state index in [2.05, 4.69) is 0 Å². The molecule has 0 aliphatic carbocycles. The van der Waals surface area contributed by atoms with E-state index in [-0.39, 0.29) is 24.4 Å². The number of rotatable bonds is 5. The van der Waals surface area contributed by atoms with Crippen molar-refractivity contribution in [3.05, 3.63) is 64.9 Å². The number of benzene rings is 2. The lowest BCUT2D eigenvalue weighted by Gasteiger charge is -2.28. The van der Waals surface area contributed by atoms with Crippen molar-refractivity contribution < 1.29 is 18.8 Å². The second kappa shape index (κ2) is 7.98. The van der Waals surface area contributed by atoms with Gasteiger partial charge < -0.3 is 15.5 Å². The third kappa shape index (κ3) is 3.99. The highest BCUT2D eigenvalue weighted by Crippen LogP contribution is 2.29. The normalized spacial score (nSPS) is 17.5. The van der Waals surface area contributed by atoms with Crippen LogP contribution in [-0.2, 0) is 14.4 Å². The first-order valence-corrected chi connectivity index (χ1v) is 9.03. The Morgan fingerprint density at radius 3 is 2.54 bits per heavy atom. The van der Waals surface area contributed by atoms with Gasteiger partial charge in [0.05, 0.1) is 5.92 Å². The van der Waals surface area contributed by atoms with Gasteiger partial charge in [-0.15, -0.1) is 0 Å². The van der Waals surface area contributed by atoms with Crippen LogP contribution >= 0.6 is 11.6 Å². The van der Waals surface area contributed by atoms with Crippen molar-refractivity contribution in [3.63, 3.8) is 0 Å². The summed E-state index contributed by atoms with van der Waals surface area (Å²) in [5, 5.41) is 0.544. The van der Waals surface area contributed by atoms with Gasteiger partial charge in [-0.2, -0.15) is 0 Å². The number of carbonyl (C=O) groups is 3. The maximum absolute atomic E-state index is 13.6. The molecule has 1 fully saturated rings. The minimum Gasteiger partial charge on any atom is -0.368 e. The molecule has 1 saturated heterocycles. The Hall–Kier alpha value is -2.93. The lowest BCUT2D eigenvalue weighted by atomic mass is 10.0. The van der Waals surface area contributed by atoms with E-state index in [1.165, 1.54) is 41.1 Å². The molecule has 8 heteroatoms. The second-order valence-corrected chi connectivity index (χ2v) is 7.13. The van der Waals surface area contributed by atoms with Crippen LogP contribution in [0.2, 0.25) is 5.02 Å². The summed E-state index contributed by atoms with van der Waals surface area (Å²) >= 11 is 5.87. The number of likely N-dealkylation sites (N-methyl/N-ethyl adjacent to an activating group) is 1. The fraction of sp³-hybridized carbons (Fsp3) is 0.250. The summed E-state index contributed by atoms with van der Waals surface area (Å²) in [5.41, 5.74) is 6.39. The number of amides is 3. The highest BCUT2D eigenvalue weighted by Gasteiger charge is 2.39. The molecular formula is C20H19ClFN3O3. The predicted molar refractivity (Wildman–Crippen MR) is 103 cm³/mol. The topological polar surface area (TPSA) is 83.7 Å². The van der Waals surface area contributed by atoms with Gasteiger partial charge >= 0.3 is 0 Å². The Labute approximate surface area is 166 Å². The number of primary amides is 1. The summed E-state index contributed by atoms with van der Waals surface area (Å²) in [6.45, 7) is 0.179. The van der Waals surface area contributed by atoms with Crippen LogP contribution < -0.4 is 10.6 Å². The summed E-state index contributed by atoms with van der Waals surface area (Å²) in [4.78, 5) is 40.0. The Morgan fingerprint density at radius 1 is 1.25 bits per heavy atom. The van der Waals surface area contributed by atoms with E-state index in [1.54, 1.807) is 24.3 Å². The Kier molecular flexibility index (Phi) is 5.65. The molecule has 28 heavy (non-hydrogen) atoms. The first kappa shape index (κ1) is 19.8. The first-order chi connectivity index (χ1) is 13.3. The summed E-state index contributed by atoms with van der Waals surface area (Å²) in [6.07, 6.45) is 0.0143. The summed E-state index contributed by atoms with van der Waals surface area (Å²) in [7, 11) is 1.43. The molecule has 0 radical (unpaired) electrons. The van der Waals surface area contributed by atoms with E-state index >= 15 is 0 Å². The highest BCUT2D eigenvalue weighted by atomic mass is 35.5. The van der Waals surface area contributed by atoms with Gasteiger partial charge in [-0.1, -0.05) is 23.7 Å². The number of anilines is 1. The highest BCUT2D eigenvalue weighted by molar-refractivity contribution is 6.30. The van der Waals surface area contributed by atoms with Gasteiger partial charge in [0.1, 0.15) is 11.9 Å². The predicted octanol–water partition coefficient (Wildman–Crippen LogP) is 2.52. The van der Waals surface area contributed by atoms with Crippen LogP contribution in [0, 0.1) is 11.7 Å². The molecule has 2 atom stereocenters. The van der Waals surface area contributed by atoms with Crippen molar-refractivity contribution in [2.75, 3.05) is 18.5 Å². The van der Waals surface area contributed by atoms with Crippen LogP contribution in [-0.4, -0.2) is 36.2 Å². The van der Waals surface area contributed by atoms with Gasteiger partial charge in [-0.3, -0.25) is 14.4 Å². The van der Waals surface area contributed by atoms with Crippen LogP contribution in [0.15, 0.2) is 48.5 Å². The van der Waals surface area contributed by atoms with Gasteiger partial charge in [0, 0.05) is 30.7 Å². The average molecular weight is 404 g/mol. The Morgan fingerprint density at radius 2 is 1.93 bits per heavy atom. The van der Waals surface area contributed by atoms with Crippen molar-refractivity contribution in [2.24, 2.45) is 11.7 Å². The Balaban J connectivity index is 1.79. The monoisotopic (exact) mass is 403 g/mol. The van der Waals surface area contributed by atoms with Gasteiger partial charge in [0.2, 0.25) is 17.7 Å². The van der Waals surface area contributed by atoms with E-state index in [4.69, 9.17) is 17.3 Å². The second-order valence-electron chi connectivity index (χ2n) is 6.69. The lowest BCUT2D eigenvalue weighted by molar-refractivity contribution is -0.141. The molecule has 2 aromatic carbocycles. The number of carbonyl (C=O) groups excluding carboxylic acids is 3. The molecule has 0 spiro atoms. The summed E-state index contributed by atoms with van der Waals surface area (Å²) in [5.74, 6) is -2.55.